The molecule has 0 aliphatic heterocycles. The Morgan fingerprint density at radius 1 is 0.387 bits per heavy atom. The first kappa shape index (κ1) is 17.7. The summed E-state index contributed by atoms with van der Waals surface area (Å²) < 4.78 is 0. The van der Waals surface area contributed by atoms with Crippen LogP contribution in [0.1, 0.15) is 0 Å². The van der Waals surface area contributed by atoms with Gasteiger partial charge in [0.1, 0.15) is 0 Å². The highest BCUT2D eigenvalue weighted by Crippen LogP contribution is 2.41. The summed E-state index contributed by atoms with van der Waals surface area (Å²) in [5, 5.41) is 11.3. The molecule has 0 heterocycles. The highest BCUT2D eigenvalue weighted by atomic mass is 14.9. The highest BCUT2D eigenvalue weighted by Gasteiger charge is 2.14. The summed E-state index contributed by atoms with van der Waals surface area (Å²) in [6, 6.07) is 43.2. The standard InChI is InChI=1S/C30H21N/c1-2-12-23(13-3-1)31-30-25-15-7-4-10-21(25)18-19-28(30)29-20-22-11-5-6-14-24(22)26-16-8-9-17-27(26)29/h1-20,31H. The number of nitrogens with one attached hydrogen (secondary N) is 1. The van der Waals surface area contributed by atoms with Crippen molar-refractivity contribution in [1.82, 2.24) is 0 Å². The fourth-order valence-corrected chi connectivity index (χ4v) is 4.57. The lowest BCUT2D eigenvalue weighted by Gasteiger charge is -2.18. The van der Waals surface area contributed by atoms with Gasteiger partial charge in [-0.3, -0.25) is 0 Å². The van der Waals surface area contributed by atoms with Gasteiger partial charge in [-0.15, -0.1) is 0 Å². The molecule has 6 rings (SSSR count). The van der Waals surface area contributed by atoms with Gasteiger partial charge in [-0.2, -0.15) is 0 Å². The smallest absolute Gasteiger partial charge is 0.0543 e. The van der Waals surface area contributed by atoms with Crippen molar-refractivity contribution in [2.45, 2.75) is 0 Å². The van der Waals surface area contributed by atoms with Crippen LogP contribution in [0, 0.1) is 0 Å². The van der Waals surface area contributed by atoms with Crippen LogP contribution in [0.3, 0.4) is 0 Å². The van der Waals surface area contributed by atoms with E-state index in [1.165, 1.54) is 43.4 Å². The molecule has 146 valence electrons. The molecular weight excluding hydrogens is 374 g/mol. The van der Waals surface area contributed by atoms with E-state index in [0.29, 0.717) is 0 Å². The van der Waals surface area contributed by atoms with Gasteiger partial charge in [-0.1, -0.05) is 103 Å². The van der Waals surface area contributed by atoms with Crippen LogP contribution in [0.15, 0.2) is 121 Å². The monoisotopic (exact) mass is 395 g/mol. The third-order valence-corrected chi connectivity index (χ3v) is 6.03. The summed E-state index contributed by atoms with van der Waals surface area (Å²) >= 11 is 0. The Hall–Kier alpha value is -4.10. The molecule has 0 spiro atoms. The SMILES string of the molecule is c1ccc(Nc2c(-c3cc4ccccc4c4ccccc34)ccc3ccccc23)cc1. The first-order chi connectivity index (χ1) is 15.4. The maximum atomic E-state index is 3.73. The Morgan fingerprint density at radius 2 is 1.00 bits per heavy atom. The first-order valence-corrected chi connectivity index (χ1v) is 10.6. The molecule has 1 N–H and O–H groups in total. The molecule has 1 nitrogen and oxygen atoms in total. The van der Waals surface area contributed by atoms with Gasteiger partial charge in [0.15, 0.2) is 0 Å². The molecule has 6 aromatic carbocycles. The van der Waals surface area contributed by atoms with Crippen molar-refractivity contribution in [2.24, 2.45) is 0 Å². The molecular formula is C30H21N. The summed E-state index contributed by atoms with van der Waals surface area (Å²) in [7, 11) is 0. The molecule has 1 heteroatoms. The molecule has 0 bridgehead atoms. The number of anilines is 2. The van der Waals surface area contributed by atoms with Gasteiger partial charge >= 0.3 is 0 Å². The van der Waals surface area contributed by atoms with E-state index in [1.807, 2.05) is 6.07 Å². The summed E-state index contributed by atoms with van der Waals surface area (Å²) in [4.78, 5) is 0. The van der Waals surface area contributed by atoms with E-state index in [0.717, 1.165) is 11.4 Å². The fourth-order valence-electron chi connectivity index (χ4n) is 4.57. The van der Waals surface area contributed by atoms with Crippen molar-refractivity contribution in [3.8, 4) is 11.1 Å². The summed E-state index contributed by atoms with van der Waals surface area (Å²) in [5.74, 6) is 0. The molecule has 31 heavy (non-hydrogen) atoms. The largest absolute Gasteiger partial charge is 0.355 e. The van der Waals surface area contributed by atoms with Gasteiger partial charge in [0.25, 0.3) is 0 Å². The fraction of sp³-hybridized carbons (Fsp3) is 0. The predicted octanol–water partition coefficient (Wildman–Crippen LogP) is 8.56. The van der Waals surface area contributed by atoms with Crippen molar-refractivity contribution in [2.75, 3.05) is 5.32 Å². The van der Waals surface area contributed by atoms with E-state index in [9.17, 15) is 0 Å². The molecule has 0 atom stereocenters. The van der Waals surface area contributed by atoms with Gasteiger partial charge in [0.2, 0.25) is 0 Å². The molecule has 0 unspecified atom stereocenters. The van der Waals surface area contributed by atoms with E-state index in [2.05, 4.69) is 121 Å². The van der Waals surface area contributed by atoms with Gasteiger partial charge in [0, 0.05) is 16.6 Å². The third kappa shape index (κ3) is 3.03. The summed E-state index contributed by atoms with van der Waals surface area (Å²) in [6.07, 6.45) is 0. The van der Waals surface area contributed by atoms with Crippen molar-refractivity contribution in [3.63, 3.8) is 0 Å². The normalized spacial score (nSPS) is 11.2. The Kier molecular flexibility index (Phi) is 4.18. The lowest BCUT2D eigenvalue weighted by molar-refractivity contribution is 1.57. The maximum Gasteiger partial charge on any atom is 0.0543 e. The Labute approximate surface area is 181 Å². The predicted molar refractivity (Wildman–Crippen MR) is 134 cm³/mol. The van der Waals surface area contributed by atoms with Gasteiger partial charge in [0.05, 0.1) is 5.69 Å². The number of rotatable bonds is 3. The Balaban J connectivity index is 1.70. The average molecular weight is 396 g/mol. The van der Waals surface area contributed by atoms with E-state index in [-0.39, 0.29) is 0 Å². The number of hydrogen-bond acceptors (Lipinski definition) is 1. The molecule has 0 saturated carbocycles. The van der Waals surface area contributed by atoms with Crippen LogP contribution in [-0.2, 0) is 0 Å². The van der Waals surface area contributed by atoms with Crippen molar-refractivity contribution in [1.29, 1.82) is 0 Å². The van der Waals surface area contributed by atoms with Crippen LogP contribution >= 0.6 is 0 Å². The van der Waals surface area contributed by atoms with E-state index in [4.69, 9.17) is 0 Å². The zero-order valence-corrected chi connectivity index (χ0v) is 17.0. The number of hydrogen-bond donors (Lipinski definition) is 1. The van der Waals surface area contributed by atoms with E-state index < -0.39 is 0 Å². The second-order valence-electron chi connectivity index (χ2n) is 7.89. The van der Waals surface area contributed by atoms with Crippen LogP contribution in [0.5, 0.6) is 0 Å². The molecule has 0 radical (unpaired) electrons. The van der Waals surface area contributed by atoms with E-state index in [1.54, 1.807) is 0 Å². The molecule has 0 amide bonds. The minimum absolute atomic E-state index is 1.09. The molecule has 6 aromatic rings. The van der Waals surface area contributed by atoms with Crippen molar-refractivity contribution < 1.29 is 0 Å². The topological polar surface area (TPSA) is 12.0 Å². The third-order valence-electron chi connectivity index (χ3n) is 6.03. The van der Waals surface area contributed by atoms with Crippen LogP contribution in [0.2, 0.25) is 0 Å². The highest BCUT2D eigenvalue weighted by molar-refractivity contribution is 6.16. The molecule has 0 aliphatic carbocycles. The lowest BCUT2D eigenvalue weighted by atomic mass is 9.91. The van der Waals surface area contributed by atoms with Crippen LogP contribution in [0.4, 0.5) is 11.4 Å². The first-order valence-electron chi connectivity index (χ1n) is 10.6. The van der Waals surface area contributed by atoms with Crippen molar-refractivity contribution >= 4 is 43.7 Å². The summed E-state index contributed by atoms with van der Waals surface area (Å²) in [6.45, 7) is 0. The van der Waals surface area contributed by atoms with Gasteiger partial charge in [-0.25, -0.2) is 0 Å². The molecule has 0 fully saturated rings. The number of benzene rings is 6. The minimum Gasteiger partial charge on any atom is -0.355 e. The molecule has 0 aromatic heterocycles. The van der Waals surface area contributed by atoms with Gasteiger partial charge in [-0.05, 0) is 50.7 Å². The van der Waals surface area contributed by atoms with Crippen molar-refractivity contribution in [3.05, 3.63) is 121 Å². The van der Waals surface area contributed by atoms with Crippen LogP contribution in [-0.4, -0.2) is 0 Å². The maximum absolute atomic E-state index is 3.73. The van der Waals surface area contributed by atoms with Crippen LogP contribution in [0.25, 0.3) is 43.4 Å². The number of para-hydroxylation sites is 1. The summed E-state index contributed by atoms with van der Waals surface area (Å²) in [5.41, 5.74) is 4.69. The zero-order chi connectivity index (χ0) is 20.6. The Morgan fingerprint density at radius 3 is 1.81 bits per heavy atom. The molecule has 0 aliphatic rings. The second kappa shape index (κ2) is 7.30. The number of fused-ring (bicyclic) bond motifs is 4. The Bertz CT molecular complexity index is 1550. The zero-order valence-electron chi connectivity index (χ0n) is 17.0. The molecule has 0 saturated heterocycles. The second-order valence-corrected chi connectivity index (χ2v) is 7.89. The quantitative estimate of drug-likeness (QED) is 0.296. The lowest BCUT2D eigenvalue weighted by Crippen LogP contribution is -1.96. The minimum atomic E-state index is 1.09. The van der Waals surface area contributed by atoms with E-state index >= 15 is 0 Å². The average Bonchev–Trinajstić information content (AvgIpc) is 2.84. The van der Waals surface area contributed by atoms with Gasteiger partial charge < -0.3 is 5.32 Å². The van der Waals surface area contributed by atoms with Crippen LogP contribution < -0.4 is 5.32 Å².